The SMILES string of the molecule is CC(=O)O[C@H]1CC[C@@]2(C)C(=CC[C@H]3[C@@H]4CC[C@@H](OC(=O)c5ccccc5)[C@@]4(C)CC[C@@H]32)C1. The number of esters is 2. The first kappa shape index (κ1) is 21.7. The second-order valence-corrected chi connectivity index (χ2v) is 11.1. The molecule has 4 aliphatic rings. The van der Waals surface area contributed by atoms with Crippen LogP contribution >= 0.6 is 0 Å². The maximum Gasteiger partial charge on any atom is 0.338 e. The molecule has 0 radical (unpaired) electrons. The van der Waals surface area contributed by atoms with E-state index in [1.807, 2.05) is 30.3 Å². The molecular formula is C28H36O4. The summed E-state index contributed by atoms with van der Waals surface area (Å²) in [5.41, 5.74) is 2.46. The number of allylic oxidation sites excluding steroid dienone is 1. The van der Waals surface area contributed by atoms with Crippen molar-refractivity contribution in [3.63, 3.8) is 0 Å². The summed E-state index contributed by atoms with van der Waals surface area (Å²) < 4.78 is 11.7. The minimum atomic E-state index is -0.179. The molecule has 0 aromatic heterocycles. The molecule has 0 unspecified atom stereocenters. The quantitative estimate of drug-likeness (QED) is 0.424. The van der Waals surface area contributed by atoms with Crippen molar-refractivity contribution in [3.05, 3.63) is 47.5 Å². The first-order valence-corrected chi connectivity index (χ1v) is 12.4. The van der Waals surface area contributed by atoms with E-state index in [2.05, 4.69) is 19.9 Å². The molecule has 0 amide bonds. The van der Waals surface area contributed by atoms with Gasteiger partial charge in [0.15, 0.2) is 0 Å². The van der Waals surface area contributed by atoms with Gasteiger partial charge >= 0.3 is 11.9 Å². The van der Waals surface area contributed by atoms with Gasteiger partial charge < -0.3 is 9.47 Å². The molecule has 0 aliphatic heterocycles. The number of benzene rings is 1. The monoisotopic (exact) mass is 436 g/mol. The first-order valence-electron chi connectivity index (χ1n) is 12.4. The highest BCUT2D eigenvalue weighted by molar-refractivity contribution is 5.89. The number of fused-ring (bicyclic) bond motifs is 5. The summed E-state index contributed by atoms with van der Waals surface area (Å²) in [4.78, 5) is 24.2. The molecule has 1 aromatic rings. The number of hydrogen-bond donors (Lipinski definition) is 0. The topological polar surface area (TPSA) is 52.6 Å². The third-order valence-electron chi connectivity index (χ3n) is 9.56. The Morgan fingerprint density at radius 1 is 0.938 bits per heavy atom. The molecule has 4 heteroatoms. The molecule has 5 rings (SSSR count). The average Bonchev–Trinajstić information content (AvgIpc) is 3.10. The highest BCUT2D eigenvalue weighted by Gasteiger charge is 2.59. The van der Waals surface area contributed by atoms with E-state index in [1.165, 1.54) is 18.9 Å². The summed E-state index contributed by atoms with van der Waals surface area (Å²) in [5, 5.41) is 0. The fourth-order valence-electron chi connectivity index (χ4n) is 7.88. The molecule has 0 bridgehead atoms. The van der Waals surface area contributed by atoms with Gasteiger partial charge in [-0.3, -0.25) is 4.79 Å². The summed E-state index contributed by atoms with van der Waals surface area (Å²) in [5.74, 6) is 1.61. The molecule has 4 nitrogen and oxygen atoms in total. The summed E-state index contributed by atoms with van der Waals surface area (Å²) in [6, 6.07) is 9.40. The van der Waals surface area contributed by atoms with Gasteiger partial charge in [-0.25, -0.2) is 4.79 Å². The number of carbonyl (C=O) groups is 2. The van der Waals surface area contributed by atoms with Crippen LogP contribution in [0.3, 0.4) is 0 Å². The average molecular weight is 437 g/mol. The van der Waals surface area contributed by atoms with Crippen molar-refractivity contribution in [3.8, 4) is 0 Å². The van der Waals surface area contributed by atoms with Crippen LogP contribution in [0.1, 0.15) is 82.5 Å². The van der Waals surface area contributed by atoms with Crippen LogP contribution < -0.4 is 0 Å². The van der Waals surface area contributed by atoms with Crippen molar-refractivity contribution in [1.82, 2.24) is 0 Å². The van der Waals surface area contributed by atoms with Crippen LogP contribution in [0.15, 0.2) is 42.0 Å². The smallest absolute Gasteiger partial charge is 0.338 e. The Kier molecular flexibility index (Phi) is 5.46. The van der Waals surface area contributed by atoms with Gasteiger partial charge in [-0.1, -0.05) is 43.7 Å². The normalized spacial score (nSPS) is 40.3. The lowest BCUT2D eigenvalue weighted by molar-refractivity contribution is -0.148. The van der Waals surface area contributed by atoms with E-state index in [0.717, 1.165) is 44.9 Å². The molecule has 172 valence electrons. The molecule has 3 fully saturated rings. The van der Waals surface area contributed by atoms with Gasteiger partial charge in [0, 0.05) is 18.8 Å². The lowest BCUT2D eigenvalue weighted by atomic mass is 9.48. The Balaban J connectivity index is 1.33. The summed E-state index contributed by atoms with van der Waals surface area (Å²) >= 11 is 0. The molecule has 3 saturated carbocycles. The van der Waals surface area contributed by atoms with Crippen molar-refractivity contribution in [1.29, 1.82) is 0 Å². The minimum Gasteiger partial charge on any atom is -0.462 e. The van der Waals surface area contributed by atoms with E-state index < -0.39 is 0 Å². The van der Waals surface area contributed by atoms with E-state index in [9.17, 15) is 9.59 Å². The second kappa shape index (κ2) is 8.04. The second-order valence-electron chi connectivity index (χ2n) is 11.1. The fraction of sp³-hybridized carbons (Fsp3) is 0.643. The van der Waals surface area contributed by atoms with Crippen LogP contribution in [0.4, 0.5) is 0 Å². The molecule has 0 N–H and O–H groups in total. The number of rotatable bonds is 3. The zero-order chi connectivity index (χ0) is 22.5. The standard InChI is InChI=1S/C28H36O4/c1-18(29)31-21-13-15-27(2)20(17-21)9-10-22-23-11-12-25(28(23,3)16-14-24(22)27)32-26(30)19-7-5-4-6-8-19/h4-9,21-25H,10-17H2,1-3H3/t21-,22-,23-,24-,25+,27-,28-/m0/s1. The van der Waals surface area contributed by atoms with Gasteiger partial charge in [0.25, 0.3) is 0 Å². The van der Waals surface area contributed by atoms with Gasteiger partial charge in [-0.2, -0.15) is 0 Å². The predicted molar refractivity (Wildman–Crippen MR) is 123 cm³/mol. The summed E-state index contributed by atoms with van der Waals surface area (Å²) in [6.45, 7) is 6.36. The highest BCUT2D eigenvalue weighted by atomic mass is 16.5. The maximum absolute atomic E-state index is 12.8. The predicted octanol–water partition coefficient (Wildman–Crippen LogP) is 6.11. The van der Waals surface area contributed by atoms with Crippen molar-refractivity contribution < 1.29 is 19.1 Å². The highest BCUT2D eigenvalue weighted by Crippen LogP contribution is 2.65. The van der Waals surface area contributed by atoms with E-state index in [1.54, 1.807) is 0 Å². The lowest BCUT2D eigenvalue weighted by Crippen LogP contribution is -2.51. The van der Waals surface area contributed by atoms with Crippen LogP contribution in [-0.4, -0.2) is 24.1 Å². The molecule has 0 heterocycles. The largest absolute Gasteiger partial charge is 0.462 e. The van der Waals surface area contributed by atoms with Crippen LogP contribution in [0.5, 0.6) is 0 Å². The van der Waals surface area contributed by atoms with E-state index in [4.69, 9.17) is 9.47 Å². The Morgan fingerprint density at radius 3 is 2.47 bits per heavy atom. The van der Waals surface area contributed by atoms with Gasteiger partial charge in [0.1, 0.15) is 12.2 Å². The Bertz CT molecular complexity index is 921. The number of hydrogen-bond acceptors (Lipinski definition) is 4. The van der Waals surface area contributed by atoms with Gasteiger partial charge in [0.05, 0.1) is 5.56 Å². The van der Waals surface area contributed by atoms with Gasteiger partial charge in [-0.15, -0.1) is 0 Å². The molecule has 4 aliphatic carbocycles. The number of carbonyl (C=O) groups excluding carboxylic acids is 2. The van der Waals surface area contributed by atoms with Crippen LogP contribution in [0.25, 0.3) is 0 Å². The Hall–Kier alpha value is -2.10. The Morgan fingerprint density at radius 2 is 1.72 bits per heavy atom. The fourth-order valence-corrected chi connectivity index (χ4v) is 7.88. The molecule has 0 spiro atoms. The van der Waals surface area contributed by atoms with E-state index in [0.29, 0.717) is 23.3 Å². The lowest BCUT2D eigenvalue weighted by Gasteiger charge is -2.57. The maximum atomic E-state index is 12.8. The zero-order valence-corrected chi connectivity index (χ0v) is 19.6. The zero-order valence-electron chi connectivity index (χ0n) is 19.6. The minimum absolute atomic E-state index is 0.0130. The molecule has 1 aromatic carbocycles. The third kappa shape index (κ3) is 3.50. The third-order valence-corrected chi connectivity index (χ3v) is 9.56. The van der Waals surface area contributed by atoms with Crippen molar-refractivity contribution in [2.45, 2.75) is 84.3 Å². The van der Waals surface area contributed by atoms with Gasteiger partial charge in [-0.05, 0) is 80.2 Å². The van der Waals surface area contributed by atoms with E-state index >= 15 is 0 Å². The van der Waals surface area contributed by atoms with E-state index in [-0.39, 0.29) is 35.0 Å². The summed E-state index contributed by atoms with van der Waals surface area (Å²) in [6.07, 6.45) is 11.1. The van der Waals surface area contributed by atoms with Crippen molar-refractivity contribution in [2.24, 2.45) is 28.6 Å². The van der Waals surface area contributed by atoms with Crippen LogP contribution in [0, 0.1) is 28.6 Å². The molecule has 0 saturated heterocycles. The molecular weight excluding hydrogens is 400 g/mol. The first-order chi connectivity index (χ1) is 15.3. The summed E-state index contributed by atoms with van der Waals surface area (Å²) in [7, 11) is 0. The van der Waals surface area contributed by atoms with Crippen LogP contribution in [0.2, 0.25) is 0 Å². The molecule has 32 heavy (non-hydrogen) atoms. The number of ether oxygens (including phenoxy) is 2. The van der Waals surface area contributed by atoms with Gasteiger partial charge in [0.2, 0.25) is 0 Å². The van der Waals surface area contributed by atoms with Crippen molar-refractivity contribution in [2.75, 3.05) is 0 Å². The Labute approximate surface area is 191 Å². The van der Waals surface area contributed by atoms with Crippen LogP contribution in [-0.2, 0) is 14.3 Å². The molecule has 7 atom stereocenters. The van der Waals surface area contributed by atoms with Crippen molar-refractivity contribution >= 4 is 11.9 Å².